The van der Waals surface area contributed by atoms with Gasteiger partial charge in [-0.3, -0.25) is 9.69 Å². The van der Waals surface area contributed by atoms with Crippen LogP contribution in [0.4, 0.5) is 0 Å². The molecular formula is C21H21Br2NO3S. The molecule has 0 aliphatic carbocycles. The van der Waals surface area contributed by atoms with Crippen molar-refractivity contribution < 1.29 is 14.3 Å². The number of ketones is 1. The second kappa shape index (κ2) is 8.48. The average Bonchev–Trinajstić information content (AvgIpc) is 2.71. The van der Waals surface area contributed by atoms with Crippen LogP contribution in [-0.4, -0.2) is 54.9 Å². The Morgan fingerprint density at radius 3 is 2.61 bits per heavy atom. The highest BCUT2D eigenvalue weighted by Crippen LogP contribution is 2.46. The fourth-order valence-electron chi connectivity index (χ4n) is 3.56. The molecule has 0 aromatic heterocycles. The van der Waals surface area contributed by atoms with E-state index in [4.69, 9.17) is 9.47 Å². The lowest BCUT2D eigenvalue weighted by molar-refractivity contribution is 0.0287. The Balaban J connectivity index is 1.74. The van der Waals surface area contributed by atoms with E-state index >= 15 is 0 Å². The second-order valence-corrected chi connectivity index (χ2v) is 10.2. The molecule has 2 aromatic rings. The molecule has 0 unspecified atom stereocenters. The molecule has 0 bridgehead atoms. The van der Waals surface area contributed by atoms with E-state index in [2.05, 4.69) is 48.9 Å². The van der Waals surface area contributed by atoms with E-state index in [1.54, 1.807) is 11.8 Å². The molecule has 1 saturated heterocycles. The maximum atomic E-state index is 13.8. The number of hydrogen-bond donors (Lipinski definition) is 0. The number of carbonyl (C=O) groups is 1. The van der Waals surface area contributed by atoms with Gasteiger partial charge >= 0.3 is 0 Å². The van der Waals surface area contributed by atoms with Crippen LogP contribution in [0.25, 0.3) is 0 Å². The highest BCUT2D eigenvalue weighted by atomic mass is 79.9. The molecule has 4 rings (SSSR count). The highest BCUT2D eigenvalue weighted by Gasteiger charge is 2.47. The molecule has 0 saturated carbocycles. The van der Waals surface area contributed by atoms with Gasteiger partial charge < -0.3 is 9.47 Å². The molecule has 2 heterocycles. The van der Waals surface area contributed by atoms with Crippen LogP contribution in [0.1, 0.15) is 15.9 Å². The van der Waals surface area contributed by atoms with Gasteiger partial charge in [0.1, 0.15) is 17.1 Å². The average molecular weight is 527 g/mol. The first-order valence-corrected chi connectivity index (χ1v) is 11.6. The number of fused-ring (bicyclic) bond motifs is 1. The van der Waals surface area contributed by atoms with Crippen LogP contribution in [0.2, 0.25) is 0 Å². The molecule has 7 heteroatoms. The Morgan fingerprint density at radius 1 is 1.18 bits per heavy atom. The summed E-state index contributed by atoms with van der Waals surface area (Å²) in [5.74, 6) is 0.771. The van der Waals surface area contributed by atoms with Gasteiger partial charge in [0.2, 0.25) is 0 Å². The van der Waals surface area contributed by atoms with Crippen molar-refractivity contribution in [3.05, 3.63) is 56.5 Å². The molecule has 0 amide bonds. The summed E-state index contributed by atoms with van der Waals surface area (Å²) in [4.78, 5) is 17.2. The van der Waals surface area contributed by atoms with Gasteiger partial charge in [0.15, 0.2) is 5.78 Å². The summed E-state index contributed by atoms with van der Waals surface area (Å²) in [7, 11) is 0. The van der Waals surface area contributed by atoms with Crippen LogP contribution >= 0.6 is 43.6 Å². The Kier molecular flexibility index (Phi) is 6.18. The van der Waals surface area contributed by atoms with Crippen molar-refractivity contribution in [3.8, 4) is 5.75 Å². The van der Waals surface area contributed by atoms with Crippen molar-refractivity contribution in [3.63, 3.8) is 0 Å². The minimum absolute atomic E-state index is 0.121. The molecule has 2 aliphatic heterocycles. The minimum Gasteiger partial charge on any atom is -0.490 e. The standard InChI is InChI=1S/C21H21Br2NO3S/c1-14-17(22)11-16-19(18(14)23)27-13-21(20(16)25,12-24-7-9-26-10-8-24)28-15-5-3-2-4-6-15/h2-6,11H,7-10,12-13H2,1H3/t21-/m0/s1. The Labute approximate surface area is 186 Å². The molecule has 2 aromatic carbocycles. The number of carbonyl (C=O) groups excluding carboxylic acids is 1. The quantitative estimate of drug-likeness (QED) is 0.563. The maximum absolute atomic E-state index is 13.8. The first-order chi connectivity index (χ1) is 13.5. The largest absolute Gasteiger partial charge is 0.490 e. The normalized spacial score (nSPS) is 22.6. The van der Waals surface area contributed by atoms with Gasteiger partial charge in [-0.1, -0.05) is 34.1 Å². The van der Waals surface area contributed by atoms with E-state index in [0.717, 1.165) is 32.5 Å². The fourth-order valence-corrected chi connectivity index (χ4v) is 6.11. The molecule has 1 fully saturated rings. The topological polar surface area (TPSA) is 38.8 Å². The lowest BCUT2D eigenvalue weighted by Crippen LogP contribution is -2.54. The zero-order chi connectivity index (χ0) is 19.7. The molecule has 28 heavy (non-hydrogen) atoms. The summed E-state index contributed by atoms with van der Waals surface area (Å²) < 4.78 is 12.8. The summed E-state index contributed by atoms with van der Waals surface area (Å²) in [6, 6.07) is 12.0. The zero-order valence-electron chi connectivity index (χ0n) is 15.5. The Hall–Kier alpha value is -0.860. The van der Waals surface area contributed by atoms with Crippen molar-refractivity contribution in [2.24, 2.45) is 0 Å². The number of nitrogens with zero attached hydrogens (tertiary/aromatic N) is 1. The van der Waals surface area contributed by atoms with Gasteiger partial charge in [-0.25, -0.2) is 0 Å². The first kappa shape index (κ1) is 20.4. The van der Waals surface area contributed by atoms with Crippen molar-refractivity contribution >= 4 is 49.4 Å². The third-order valence-corrected chi connectivity index (χ3v) is 8.26. The highest BCUT2D eigenvalue weighted by molar-refractivity contribution is 9.11. The van der Waals surface area contributed by atoms with Crippen LogP contribution in [0.3, 0.4) is 0 Å². The van der Waals surface area contributed by atoms with Gasteiger partial charge in [0.05, 0.1) is 23.2 Å². The molecule has 4 nitrogen and oxygen atoms in total. The predicted octanol–water partition coefficient (Wildman–Crippen LogP) is 4.96. The third-order valence-electron chi connectivity index (χ3n) is 5.15. The maximum Gasteiger partial charge on any atom is 0.187 e. The molecule has 0 spiro atoms. The van der Waals surface area contributed by atoms with Crippen molar-refractivity contribution in [2.45, 2.75) is 16.6 Å². The molecule has 0 radical (unpaired) electrons. The van der Waals surface area contributed by atoms with Gasteiger partial charge in [0.25, 0.3) is 0 Å². The Morgan fingerprint density at radius 2 is 1.89 bits per heavy atom. The number of benzene rings is 2. The van der Waals surface area contributed by atoms with E-state index < -0.39 is 4.75 Å². The lowest BCUT2D eigenvalue weighted by atomic mass is 9.92. The number of ether oxygens (including phenoxy) is 2. The monoisotopic (exact) mass is 525 g/mol. The lowest BCUT2D eigenvalue weighted by Gasteiger charge is -2.40. The third kappa shape index (κ3) is 3.92. The van der Waals surface area contributed by atoms with Crippen LogP contribution in [0.15, 0.2) is 50.2 Å². The minimum atomic E-state index is -0.695. The number of hydrogen-bond acceptors (Lipinski definition) is 5. The van der Waals surface area contributed by atoms with E-state index in [1.807, 2.05) is 31.2 Å². The number of halogens is 2. The van der Waals surface area contributed by atoms with Crippen molar-refractivity contribution in [1.82, 2.24) is 4.90 Å². The summed E-state index contributed by atoms with van der Waals surface area (Å²) in [5, 5.41) is 0. The summed E-state index contributed by atoms with van der Waals surface area (Å²) in [6.07, 6.45) is 0. The van der Waals surface area contributed by atoms with Crippen LogP contribution in [0.5, 0.6) is 5.75 Å². The van der Waals surface area contributed by atoms with Crippen molar-refractivity contribution in [1.29, 1.82) is 0 Å². The van der Waals surface area contributed by atoms with Crippen LogP contribution in [-0.2, 0) is 4.74 Å². The van der Waals surface area contributed by atoms with E-state index in [1.165, 1.54) is 0 Å². The molecule has 2 aliphatic rings. The molecule has 148 valence electrons. The van der Waals surface area contributed by atoms with Gasteiger partial charge in [-0.05, 0) is 46.6 Å². The molecule has 1 atom stereocenters. The molecular weight excluding hydrogens is 506 g/mol. The second-order valence-electron chi connectivity index (χ2n) is 7.09. The summed E-state index contributed by atoms with van der Waals surface area (Å²) in [6.45, 7) is 6.04. The van der Waals surface area contributed by atoms with E-state index in [-0.39, 0.29) is 5.78 Å². The Bertz CT molecular complexity index is 887. The first-order valence-electron chi connectivity index (χ1n) is 9.20. The smallest absolute Gasteiger partial charge is 0.187 e. The van der Waals surface area contributed by atoms with Gasteiger partial charge in [-0.15, -0.1) is 11.8 Å². The number of Topliss-reactive ketones (excluding diaryl/α,β-unsaturated/α-hetero) is 1. The van der Waals surface area contributed by atoms with Gasteiger partial charge in [0, 0.05) is 29.0 Å². The number of thioether (sulfide) groups is 1. The SMILES string of the molecule is Cc1c(Br)cc2c(c1Br)OC[C@](CN1CCOCC1)(Sc1ccccc1)C2=O. The zero-order valence-corrected chi connectivity index (χ0v) is 19.5. The van der Waals surface area contributed by atoms with E-state index in [0.29, 0.717) is 37.7 Å². The van der Waals surface area contributed by atoms with Crippen LogP contribution in [0, 0.1) is 6.92 Å². The number of rotatable bonds is 4. The fraction of sp³-hybridized carbons (Fsp3) is 0.381. The summed E-state index contributed by atoms with van der Waals surface area (Å²) in [5.41, 5.74) is 1.66. The van der Waals surface area contributed by atoms with Crippen LogP contribution < -0.4 is 4.74 Å². The summed E-state index contributed by atoms with van der Waals surface area (Å²) >= 11 is 8.80. The van der Waals surface area contributed by atoms with E-state index in [9.17, 15) is 4.79 Å². The number of morpholine rings is 1. The van der Waals surface area contributed by atoms with Crippen molar-refractivity contribution in [2.75, 3.05) is 39.5 Å². The van der Waals surface area contributed by atoms with Gasteiger partial charge in [-0.2, -0.15) is 0 Å². The molecule has 0 N–H and O–H groups in total. The predicted molar refractivity (Wildman–Crippen MR) is 119 cm³/mol.